The smallest absolute Gasteiger partial charge is 0.263 e. The van der Waals surface area contributed by atoms with Gasteiger partial charge in [-0.05, 0) is 44.7 Å². The number of methoxy groups -OCH3 is 1. The summed E-state index contributed by atoms with van der Waals surface area (Å²) < 4.78 is 20.6. The van der Waals surface area contributed by atoms with E-state index in [1.54, 1.807) is 20.2 Å². The summed E-state index contributed by atoms with van der Waals surface area (Å²) in [5.74, 6) is 0.302. The lowest BCUT2D eigenvalue weighted by Gasteiger charge is -2.28. The van der Waals surface area contributed by atoms with E-state index in [0.29, 0.717) is 64.8 Å². The largest absolute Gasteiger partial charge is 0.397 e. The SMILES string of the molecule is COC1(C)CN(c2nc3c(cc2F)CC(NC(=O)c2sc4nc(C)ncc4c2N)CC3)CC1N. The highest BCUT2D eigenvalue weighted by Gasteiger charge is 2.42. The molecule has 3 aromatic rings. The minimum absolute atomic E-state index is 0.138. The summed E-state index contributed by atoms with van der Waals surface area (Å²) in [5, 5.41) is 3.74. The molecule has 11 heteroatoms. The van der Waals surface area contributed by atoms with Crippen molar-refractivity contribution in [3.63, 3.8) is 0 Å². The lowest BCUT2D eigenvalue weighted by Crippen LogP contribution is -2.45. The highest BCUT2D eigenvalue weighted by Crippen LogP contribution is 2.33. The quantitative estimate of drug-likeness (QED) is 0.511. The van der Waals surface area contributed by atoms with Crippen LogP contribution in [0.25, 0.3) is 10.2 Å². The number of ether oxygens (including phenoxy) is 1. The molecule has 1 aliphatic heterocycles. The Kier molecular flexibility index (Phi) is 5.65. The number of thiophene rings is 1. The Morgan fingerprint density at radius 3 is 2.94 bits per heavy atom. The van der Waals surface area contributed by atoms with Crippen LogP contribution < -0.4 is 21.7 Å². The normalized spacial score (nSPS) is 24.4. The van der Waals surface area contributed by atoms with Gasteiger partial charge >= 0.3 is 0 Å². The molecule has 4 heterocycles. The second-order valence-electron chi connectivity index (χ2n) is 9.30. The van der Waals surface area contributed by atoms with Crippen molar-refractivity contribution in [2.75, 3.05) is 30.8 Å². The van der Waals surface area contributed by atoms with E-state index in [1.807, 2.05) is 11.8 Å². The molecule has 3 aromatic heterocycles. The van der Waals surface area contributed by atoms with Crippen molar-refractivity contribution in [2.45, 2.75) is 50.8 Å². The molecule has 180 valence electrons. The number of nitrogens with two attached hydrogens (primary N) is 2. The molecular weight excluding hydrogens is 457 g/mol. The molecule has 5 N–H and O–H groups in total. The number of hydrogen-bond donors (Lipinski definition) is 3. The Labute approximate surface area is 200 Å². The molecule has 0 saturated carbocycles. The van der Waals surface area contributed by atoms with Crippen LogP contribution >= 0.6 is 11.3 Å². The van der Waals surface area contributed by atoms with Crippen molar-refractivity contribution in [3.8, 4) is 0 Å². The number of nitrogens with one attached hydrogen (secondary N) is 1. The van der Waals surface area contributed by atoms with Crippen molar-refractivity contribution in [2.24, 2.45) is 5.73 Å². The highest BCUT2D eigenvalue weighted by molar-refractivity contribution is 7.21. The zero-order valence-electron chi connectivity index (χ0n) is 19.4. The van der Waals surface area contributed by atoms with Crippen LogP contribution in [0.15, 0.2) is 12.3 Å². The summed E-state index contributed by atoms with van der Waals surface area (Å²) in [6, 6.07) is 1.17. The minimum Gasteiger partial charge on any atom is -0.397 e. The average molecular weight is 486 g/mol. The van der Waals surface area contributed by atoms with Gasteiger partial charge in [-0.1, -0.05) is 0 Å². The lowest BCUT2D eigenvalue weighted by atomic mass is 9.91. The van der Waals surface area contributed by atoms with Crippen LogP contribution in [-0.4, -0.2) is 58.7 Å². The average Bonchev–Trinajstić information content (AvgIpc) is 3.29. The summed E-state index contributed by atoms with van der Waals surface area (Å²) in [4.78, 5) is 29.1. The zero-order valence-corrected chi connectivity index (χ0v) is 20.2. The molecule has 1 aliphatic carbocycles. The van der Waals surface area contributed by atoms with Crippen LogP contribution in [0.1, 0.15) is 40.1 Å². The number of halogens is 1. The lowest BCUT2D eigenvalue weighted by molar-refractivity contribution is 0.0128. The summed E-state index contributed by atoms with van der Waals surface area (Å²) in [7, 11) is 1.62. The molecule has 34 heavy (non-hydrogen) atoms. The number of carbonyl (C=O) groups is 1. The maximum absolute atomic E-state index is 15.1. The second kappa shape index (κ2) is 8.40. The van der Waals surface area contributed by atoms with Crippen molar-refractivity contribution >= 4 is 39.0 Å². The standard InChI is InChI=1S/C23H28FN7O2S/c1-11-27-8-14-18(26)19(34-22(14)28-11)21(32)29-13-4-5-16-12(6-13)7-15(24)20(30-16)31-9-17(25)23(2,10-31)33-3/h7-8,13,17H,4-6,9-10,25-26H2,1-3H3,(H,29,32). The van der Waals surface area contributed by atoms with E-state index in [1.165, 1.54) is 17.4 Å². The van der Waals surface area contributed by atoms with Crippen LogP contribution in [0.2, 0.25) is 0 Å². The first-order valence-corrected chi connectivity index (χ1v) is 12.1. The van der Waals surface area contributed by atoms with Gasteiger partial charge in [0.05, 0.1) is 22.7 Å². The maximum Gasteiger partial charge on any atom is 0.263 e. The monoisotopic (exact) mass is 485 g/mol. The van der Waals surface area contributed by atoms with Gasteiger partial charge < -0.3 is 26.4 Å². The second-order valence-corrected chi connectivity index (χ2v) is 10.3. The van der Waals surface area contributed by atoms with Crippen LogP contribution in [-0.2, 0) is 17.6 Å². The van der Waals surface area contributed by atoms with Gasteiger partial charge in [-0.25, -0.2) is 19.3 Å². The van der Waals surface area contributed by atoms with Gasteiger partial charge in [0.25, 0.3) is 5.91 Å². The van der Waals surface area contributed by atoms with Gasteiger partial charge in [-0.15, -0.1) is 11.3 Å². The zero-order chi connectivity index (χ0) is 24.2. The van der Waals surface area contributed by atoms with E-state index >= 15 is 4.39 Å². The Balaban J connectivity index is 1.32. The van der Waals surface area contributed by atoms with Crippen molar-refractivity contribution < 1.29 is 13.9 Å². The molecule has 5 rings (SSSR count). The number of aromatic nitrogens is 3. The first-order chi connectivity index (χ1) is 16.2. The van der Waals surface area contributed by atoms with E-state index in [4.69, 9.17) is 16.2 Å². The Hall–Kier alpha value is -2.89. The molecular formula is C23H28FN7O2S. The topological polar surface area (TPSA) is 132 Å². The fraction of sp³-hybridized carbons (Fsp3) is 0.478. The Bertz CT molecular complexity index is 1280. The summed E-state index contributed by atoms with van der Waals surface area (Å²) in [6.07, 6.45) is 3.49. The number of hydrogen-bond acceptors (Lipinski definition) is 9. The molecule has 3 unspecified atom stereocenters. The van der Waals surface area contributed by atoms with Crippen LogP contribution in [0.4, 0.5) is 15.9 Å². The van der Waals surface area contributed by atoms with Crippen LogP contribution in [0.3, 0.4) is 0 Å². The predicted octanol–water partition coefficient (Wildman–Crippen LogP) is 1.96. The van der Waals surface area contributed by atoms with E-state index < -0.39 is 5.60 Å². The van der Waals surface area contributed by atoms with E-state index in [0.717, 1.165) is 11.3 Å². The number of carbonyl (C=O) groups excluding carboxylic acids is 1. The molecule has 0 radical (unpaired) electrons. The van der Waals surface area contributed by atoms with E-state index in [-0.39, 0.29) is 23.8 Å². The van der Waals surface area contributed by atoms with Gasteiger partial charge in [-0.2, -0.15) is 0 Å². The maximum atomic E-state index is 15.1. The number of amides is 1. The fourth-order valence-electron chi connectivity index (χ4n) is 4.74. The number of anilines is 2. The first kappa shape index (κ1) is 22.9. The number of nitrogen functional groups attached to an aromatic ring is 1. The number of pyridine rings is 1. The molecule has 9 nitrogen and oxygen atoms in total. The van der Waals surface area contributed by atoms with Crippen LogP contribution in [0, 0.1) is 12.7 Å². The first-order valence-electron chi connectivity index (χ1n) is 11.2. The predicted molar refractivity (Wildman–Crippen MR) is 130 cm³/mol. The molecule has 1 saturated heterocycles. The molecule has 0 spiro atoms. The van der Waals surface area contributed by atoms with Crippen LogP contribution in [0.5, 0.6) is 0 Å². The molecule has 1 fully saturated rings. The van der Waals surface area contributed by atoms with Crippen molar-refractivity contribution in [3.05, 3.63) is 40.0 Å². The Morgan fingerprint density at radius 2 is 2.21 bits per heavy atom. The fourth-order valence-corrected chi connectivity index (χ4v) is 5.76. The summed E-state index contributed by atoms with van der Waals surface area (Å²) in [5.41, 5.74) is 13.9. The van der Waals surface area contributed by atoms with Gasteiger partial charge in [0.2, 0.25) is 0 Å². The number of nitrogens with zero attached hydrogens (tertiary/aromatic N) is 4. The third kappa shape index (κ3) is 3.87. The number of aryl methyl sites for hydroxylation is 2. The van der Waals surface area contributed by atoms with Crippen molar-refractivity contribution in [1.82, 2.24) is 20.3 Å². The molecule has 0 bridgehead atoms. The molecule has 1 amide bonds. The third-order valence-corrected chi connectivity index (χ3v) is 8.06. The Morgan fingerprint density at radius 1 is 1.41 bits per heavy atom. The van der Waals surface area contributed by atoms with Gasteiger partial charge in [0.15, 0.2) is 11.6 Å². The van der Waals surface area contributed by atoms with E-state index in [9.17, 15) is 4.79 Å². The summed E-state index contributed by atoms with van der Waals surface area (Å²) in [6.45, 7) is 4.68. The minimum atomic E-state index is -0.544. The third-order valence-electron chi connectivity index (χ3n) is 6.94. The number of rotatable bonds is 4. The van der Waals surface area contributed by atoms with Gasteiger partial charge in [-0.3, -0.25) is 4.79 Å². The molecule has 0 aromatic carbocycles. The van der Waals surface area contributed by atoms with E-state index in [2.05, 4.69) is 20.3 Å². The highest BCUT2D eigenvalue weighted by atomic mass is 32.1. The molecule has 2 aliphatic rings. The van der Waals surface area contributed by atoms with Gasteiger partial charge in [0, 0.05) is 38.1 Å². The molecule has 3 atom stereocenters. The summed E-state index contributed by atoms with van der Waals surface area (Å²) >= 11 is 1.25. The van der Waals surface area contributed by atoms with Gasteiger partial charge in [0.1, 0.15) is 15.5 Å². The van der Waals surface area contributed by atoms with Crippen molar-refractivity contribution in [1.29, 1.82) is 0 Å². The number of fused-ring (bicyclic) bond motifs is 2.